The molecule has 0 aromatic heterocycles. The number of esters is 4. The van der Waals surface area contributed by atoms with Crippen molar-refractivity contribution in [3.63, 3.8) is 0 Å². The Hall–Kier alpha value is -5.32. The summed E-state index contributed by atoms with van der Waals surface area (Å²) < 4.78 is 68.4. The van der Waals surface area contributed by atoms with Crippen molar-refractivity contribution >= 4 is 39.5 Å². The summed E-state index contributed by atoms with van der Waals surface area (Å²) in [6, 6.07) is 0. The summed E-state index contributed by atoms with van der Waals surface area (Å²) in [6.45, 7) is 4.33. The number of hydrogen-bond acceptors (Lipinski definition) is 15. The molecule has 0 fully saturated rings. The van der Waals surface area contributed by atoms with Crippen LogP contribution in [0.4, 0.5) is 0 Å². The van der Waals surface area contributed by atoms with Crippen molar-refractivity contribution in [1.29, 1.82) is 0 Å². The second kappa shape index (κ2) is 74.0. The van der Waals surface area contributed by atoms with E-state index >= 15 is 0 Å². The molecule has 0 saturated heterocycles. The van der Waals surface area contributed by atoms with Gasteiger partial charge in [0.2, 0.25) is 0 Å². The molecule has 0 aromatic carbocycles. The third-order valence-corrected chi connectivity index (χ3v) is 17.4. The Bertz CT molecular complexity index is 2550. The van der Waals surface area contributed by atoms with E-state index in [-0.39, 0.29) is 25.7 Å². The molecule has 0 rings (SSSR count). The van der Waals surface area contributed by atoms with Gasteiger partial charge in [-0.05, 0) is 141 Å². The molecule has 102 heavy (non-hydrogen) atoms. The molecule has 19 heteroatoms. The Kier molecular flexibility index (Phi) is 70.1. The number of aliphatic hydroxyl groups is 1. The van der Waals surface area contributed by atoms with E-state index in [4.69, 9.17) is 37.0 Å². The summed E-state index contributed by atoms with van der Waals surface area (Å²) in [5.74, 6) is -2.37. The summed E-state index contributed by atoms with van der Waals surface area (Å²) in [7, 11) is -9.99. The smallest absolute Gasteiger partial charge is 0.462 e. The van der Waals surface area contributed by atoms with E-state index in [9.17, 15) is 43.2 Å². The van der Waals surface area contributed by atoms with Crippen molar-refractivity contribution in [2.75, 3.05) is 39.6 Å². The van der Waals surface area contributed by atoms with Crippen LogP contribution in [0.15, 0.2) is 158 Å². The van der Waals surface area contributed by atoms with Crippen LogP contribution in [0.25, 0.3) is 0 Å². The van der Waals surface area contributed by atoms with E-state index in [1.165, 1.54) is 6.42 Å². The lowest BCUT2D eigenvalue weighted by Gasteiger charge is -2.21. The molecule has 0 amide bonds. The van der Waals surface area contributed by atoms with Crippen LogP contribution in [0.3, 0.4) is 0 Å². The van der Waals surface area contributed by atoms with Crippen LogP contribution in [0.1, 0.15) is 285 Å². The molecule has 0 spiro atoms. The third kappa shape index (κ3) is 73.0. The predicted molar refractivity (Wildman–Crippen MR) is 417 cm³/mol. The first-order valence-corrected chi connectivity index (χ1v) is 41.7. The van der Waals surface area contributed by atoms with Crippen LogP contribution >= 0.6 is 15.6 Å². The lowest BCUT2D eigenvalue weighted by Crippen LogP contribution is -2.30. The molecular weight excluding hydrogens is 1330 g/mol. The van der Waals surface area contributed by atoms with Gasteiger partial charge < -0.3 is 33.8 Å². The van der Waals surface area contributed by atoms with Crippen LogP contribution in [0, 0.1) is 0 Å². The van der Waals surface area contributed by atoms with Crippen LogP contribution in [0.2, 0.25) is 0 Å². The number of allylic oxidation sites excluding steroid dienone is 25. The van der Waals surface area contributed by atoms with Gasteiger partial charge in [-0.1, -0.05) is 276 Å². The van der Waals surface area contributed by atoms with Crippen LogP contribution in [-0.4, -0.2) is 96.7 Å². The topological polar surface area (TPSA) is 237 Å². The summed E-state index contributed by atoms with van der Waals surface area (Å²) >= 11 is 0. The first-order chi connectivity index (χ1) is 49.7. The highest BCUT2D eigenvalue weighted by Gasteiger charge is 2.30. The maximum absolute atomic E-state index is 13.1. The van der Waals surface area contributed by atoms with E-state index in [2.05, 4.69) is 161 Å². The van der Waals surface area contributed by atoms with Gasteiger partial charge in [-0.2, -0.15) is 0 Å². The quantitative estimate of drug-likeness (QED) is 0.0169. The fraction of sp³-hybridized carbons (Fsp3) is 0.639. The number of unbranched alkanes of at least 4 members (excludes halogenated alkanes) is 20. The molecule has 580 valence electrons. The third-order valence-electron chi connectivity index (χ3n) is 15.5. The van der Waals surface area contributed by atoms with E-state index in [0.717, 1.165) is 199 Å². The highest BCUT2D eigenvalue weighted by molar-refractivity contribution is 7.47. The van der Waals surface area contributed by atoms with Gasteiger partial charge in [0.25, 0.3) is 0 Å². The van der Waals surface area contributed by atoms with Gasteiger partial charge >= 0.3 is 39.5 Å². The van der Waals surface area contributed by atoms with Crippen molar-refractivity contribution < 1.29 is 80.2 Å². The van der Waals surface area contributed by atoms with Gasteiger partial charge in [0.15, 0.2) is 12.2 Å². The molecule has 0 heterocycles. The van der Waals surface area contributed by atoms with E-state index in [0.29, 0.717) is 25.7 Å². The van der Waals surface area contributed by atoms with E-state index < -0.39 is 97.5 Å². The predicted octanol–water partition coefficient (Wildman–Crippen LogP) is 22.4. The Labute approximate surface area is 617 Å². The number of carbonyl (C=O) groups excluding carboxylic acids is 4. The van der Waals surface area contributed by atoms with Crippen molar-refractivity contribution in [2.24, 2.45) is 0 Å². The van der Waals surface area contributed by atoms with Crippen LogP contribution in [0.5, 0.6) is 0 Å². The van der Waals surface area contributed by atoms with Crippen molar-refractivity contribution in [1.82, 2.24) is 0 Å². The molecule has 0 bridgehead atoms. The maximum Gasteiger partial charge on any atom is 0.472 e. The number of rotatable bonds is 71. The Morgan fingerprint density at radius 2 is 0.549 bits per heavy atom. The molecule has 0 aliphatic rings. The molecule has 3 N–H and O–H groups in total. The fourth-order valence-electron chi connectivity index (χ4n) is 9.69. The highest BCUT2D eigenvalue weighted by atomic mass is 31.2. The normalized spacial score (nSPS) is 14.8. The zero-order valence-corrected chi connectivity index (χ0v) is 65.0. The van der Waals surface area contributed by atoms with Gasteiger partial charge in [-0.15, -0.1) is 0 Å². The Morgan fingerprint density at radius 1 is 0.294 bits per heavy atom. The van der Waals surface area contributed by atoms with Gasteiger partial charge in [0, 0.05) is 19.3 Å². The molecule has 5 unspecified atom stereocenters. The summed E-state index contributed by atoms with van der Waals surface area (Å²) in [4.78, 5) is 72.8. The van der Waals surface area contributed by atoms with Crippen molar-refractivity contribution in [2.45, 2.75) is 303 Å². The van der Waals surface area contributed by atoms with Gasteiger partial charge in [0.05, 0.1) is 32.8 Å². The largest absolute Gasteiger partial charge is 0.472 e. The second-order valence-corrected chi connectivity index (χ2v) is 28.1. The zero-order chi connectivity index (χ0) is 74.6. The molecule has 0 aliphatic heterocycles. The molecule has 0 aliphatic carbocycles. The minimum atomic E-state index is -5.00. The summed E-state index contributed by atoms with van der Waals surface area (Å²) in [5.41, 5.74) is 0. The first-order valence-electron chi connectivity index (χ1n) is 38.7. The minimum absolute atomic E-state index is 0.0605. The lowest BCUT2D eigenvalue weighted by molar-refractivity contribution is -0.161. The molecule has 0 radical (unpaired) electrons. The van der Waals surface area contributed by atoms with Crippen LogP contribution < -0.4 is 0 Å². The number of aliphatic hydroxyl groups excluding tert-OH is 1. The van der Waals surface area contributed by atoms with Gasteiger partial charge in [-0.3, -0.25) is 37.3 Å². The molecular formula is C83H136O17P2. The zero-order valence-electron chi connectivity index (χ0n) is 63.2. The van der Waals surface area contributed by atoms with E-state index in [1.54, 1.807) is 6.08 Å². The van der Waals surface area contributed by atoms with Gasteiger partial charge in [-0.25, -0.2) is 9.13 Å². The first kappa shape index (κ1) is 96.7. The average Bonchev–Trinajstić information content (AvgIpc) is 0.934. The Balaban J connectivity index is 5.42. The second-order valence-electron chi connectivity index (χ2n) is 25.2. The average molecular weight is 1470 g/mol. The molecule has 0 saturated carbocycles. The highest BCUT2D eigenvalue weighted by Crippen LogP contribution is 2.45. The van der Waals surface area contributed by atoms with Crippen molar-refractivity contribution in [3.05, 3.63) is 158 Å². The maximum atomic E-state index is 13.1. The summed E-state index contributed by atoms with van der Waals surface area (Å²) in [5, 5.41) is 10.6. The van der Waals surface area contributed by atoms with Crippen molar-refractivity contribution in [3.8, 4) is 0 Å². The number of ether oxygens (including phenoxy) is 4. The lowest BCUT2D eigenvalue weighted by atomic mass is 10.1. The molecule has 5 atom stereocenters. The number of hydrogen-bond donors (Lipinski definition) is 3. The SMILES string of the molecule is CC/C=C\C/C=C\C/C=C\C/C=C\C/C=C\CC(=O)OCC(COP(=O)(O)OCC(O)COP(=O)(O)OCC(COC(=O)CCCCCCCC/C=C\C/C=C\C/C=C\C/C=C\CC)OC(=O)CCCCCCCCC/C=C\C/C=C\C/C=C\CC)OC(=O)CCCCCCC/C=C\CCCC. The number of carbonyl (C=O) groups is 4. The van der Waals surface area contributed by atoms with E-state index in [1.807, 2.05) is 18.2 Å². The molecule has 0 aromatic rings. The number of phosphoric acid groups is 2. The van der Waals surface area contributed by atoms with Gasteiger partial charge in [0.1, 0.15) is 19.3 Å². The number of phosphoric ester groups is 2. The summed E-state index contributed by atoms with van der Waals surface area (Å²) in [6.07, 6.45) is 85.5. The standard InChI is InChI=1S/C83H136O17P2/c1-5-9-13-17-21-25-29-32-35-37-38-40-42-45-49-52-56-60-64-68-81(86)94-74-79(100-83(88)70-66-62-58-54-50-46-43-39-36-33-30-26-22-18-14-10-6-2)76-98-102(91,92)96-72-77(84)71-95-101(89,90)97-75-78(99-82(87)69-65-61-57-53-47-28-24-20-16-12-8-4)73-93-80(85)67-63-59-55-51-48-44-41-34-31-27-23-19-15-11-7-3/h9-11,13-15,20-27,32-36,38,40-41,48,51,59,63,77-79,84H,5-8,12,16-19,28-31,37,39,42-47,49-50,52-58,60-62,64-76H2,1-4H3,(H,89,90)(H,91,92)/b13-9-,14-10-,15-11-,24-20-,25-21-,26-22-,27-23-,35-32-,36-33-,40-38-,41-34-,51-48-,63-59-. The minimum Gasteiger partial charge on any atom is -0.462 e. The Morgan fingerprint density at radius 3 is 0.882 bits per heavy atom. The van der Waals surface area contributed by atoms with Crippen LogP contribution in [-0.2, 0) is 65.4 Å². The molecule has 17 nitrogen and oxygen atoms in total. The fourth-order valence-corrected chi connectivity index (χ4v) is 11.3. The monoisotopic (exact) mass is 1470 g/mol.